The molecule has 0 bridgehead atoms. The molecule has 0 aliphatic rings. The summed E-state index contributed by atoms with van der Waals surface area (Å²) in [5, 5.41) is 0. The summed E-state index contributed by atoms with van der Waals surface area (Å²) in [5.41, 5.74) is 0. The summed E-state index contributed by atoms with van der Waals surface area (Å²) in [6, 6.07) is 0. The first-order chi connectivity index (χ1) is 1.00. The average Bonchev–Trinajstić information content (AvgIpc) is 1.00. The van der Waals surface area contributed by atoms with Crippen LogP contribution >= 0.6 is 9.42 Å². The predicted octanol–water partition coefficient (Wildman–Crippen LogP) is -3.44. The summed E-state index contributed by atoms with van der Waals surface area (Å²) in [7, 11) is 4.61. The summed E-state index contributed by atoms with van der Waals surface area (Å²) in [6.07, 6.45) is 0. The van der Waals surface area contributed by atoms with Crippen LogP contribution in [0.25, 0.3) is 0 Å². The maximum atomic E-state index is 4.61. The Morgan fingerprint density at radius 2 is 0.571 bits per heavy atom. The summed E-state index contributed by atoms with van der Waals surface area (Å²) < 4.78 is 0. The van der Waals surface area contributed by atoms with Gasteiger partial charge in [0, 0.05) is 0 Å². The number of hydrogen-bond donors (Lipinski definition) is 0. The van der Waals surface area contributed by atoms with Crippen LogP contribution in [0.4, 0.5) is 0 Å². The first kappa shape index (κ1) is 113. The van der Waals surface area contributed by atoms with Crippen LogP contribution in [0.2, 0.25) is 0 Å². The van der Waals surface area contributed by atoms with Crippen LogP contribution in [0.15, 0.2) is 0 Å². The number of halogens is 1. The second kappa shape index (κ2) is 374. The van der Waals surface area contributed by atoms with Crippen molar-refractivity contribution >= 4 is 9.42 Å². The van der Waals surface area contributed by atoms with Gasteiger partial charge in [-0.15, -0.1) is 0 Å². The Balaban J connectivity index is -0.000000000500. The predicted molar refractivity (Wildman–Crippen MR) is 23.9 cm³/mol. The molecule has 10 N–H and O–H groups in total. The molecule has 0 rings (SSSR count). The van der Waals surface area contributed by atoms with Gasteiger partial charge < -0.3 is 27.4 Å². The molecule has 0 aromatic carbocycles. The van der Waals surface area contributed by atoms with E-state index in [9.17, 15) is 0 Å². The molecule has 0 saturated heterocycles. The van der Waals surface area contributed by atoms with E-state index in [0.29, 0.717) is 0 Å². The first-order valence-electron chi connectivity index (χ1n) is 0.120. The Hall–Kier alpha value is 0.778. The standard InChI is InChI=1S/ClH.5H2O.Pt/h1H;5*1H2;/q;;;;;;+1/p-1. The van der Waals surface area contributed by atoms with E-state index in [2.05, 4.69) is 9.42 Å². The zero-order valence-electron chi connectivity index (χ0n) is 3.19. The molecule has 0 spiro atoms. The Kier molecular flexibility index (Phi) is 6030. The molecule has 0 aliphatic carbocycles. The SMILES string of the molecule is O.O.O.O.O.[Cl][Pt]. The fourth-order valence-corrected chi connectivity index (χ4v) is 0. The molecule has 0 radical (unpaired) electrons. The van der Waals surface area contributed by atoms with Crippen molar-refractivity contribution in [1.82, 2.24) is 0 Å². The average molecular weight is 321 g/mol. The zero-order valence-corrected chi connectivity index (χ0v) is 6.22. The van der Waals surface area contributed by atoms with Crippen LogP contribution < -0.4 is 0 Å². The first-order valence-corrected chi connectivity index (χ1v) is 2.94. The van der Waals surface area contributed by atoms with E-state index in [1.165, 1.54) is 0 Å². The molecule has 0 aromatic rings. The monoisotopic (exact) mass is 320 g/mol. The van der Waals surface area contributed by atoms with Gasteiger partial charge in [0.15, 0.2) is 0 Å². The minimum absolute atomic E-state index is 0. The number of hydrogen-bond acceptors (Lipinski definition) is 0. The van der Waals surface area contributed by atoms with Crippen molar-refractivity contribution in [2.45, 2.75) is 0 Å². The fourth-order valence-electron chi connectivity index (χ4n) is 0. The molecule has 0 unspecified atom stereocenters. The van der Waals surface area contributed by atoms with Gasteiger partial charge in [0.2, 0.25) is 0 Å². The Labute approximate surface area is 56.0 Å². The molecule has 0 amide bonds. The maximum absolute atomic E-state index is 4.61. The molecule has 7 heteroatoms. The third kappa shape index (κ3) is 255. The number of rotatable bonds is 0. The van der Waals surface area contributed by atoms with Crippen molar-refractivity contribution < 1.29 is 46.2 Å². The van der Waals surface area contributed by atoms with Crippen molar-refractivity contribution in [3.05, 3.63) is 0 Å². The summed E-state index contributed by atoms with van der Waals surface area (Å²) in [5.74, 6) is 0. The van der Waals surface area contributed by atoms with E-state index >= 15 is 0 Å². The van der Waals surface area contributed by atoms with Crippen LogP contribution in [-0.4, -0.2) is 27.4 Å². The van der Waals surface area contributed by atoms with Gasteiger partial charge in [-0.25, -0.2) is 0 Å². The fraction of sp³-hybridized carbons (Fsp3) is 0. The molecule has 0 saturated carbocycles. The molecule has 0 aromatic heterocycles. The quantitative estimate of drug-likeness (QED) is 0.435. The van der Waals surface area contributed by atoms with Crippen molar-refractivity contribution in [2.75, 3.05) is 0 Å². The molecule has 0 heterocycles. The Morgan fingerprint density at radius 3 is 0.571 bits per heavy atom. The summed E-state index contributed by atoms with van der Waals surface area (Å²) in [4.78, 5) is 0. The second-order valence-electron chi connectivity index (χ2n) is 0. The van der Waals surface area contributed by atoms with E-state index in [1.54, 1.807) is 18.8 Å². The van der Waals surface area contributed by atoms with Gasteiger partial charge in [0.1, 0.15) is 0 Å². The van der Waals surface area contributed by atoms with Gasteiger partial charge in [0.25, 0.3) is 0 Å². The van der Waals surface area contributed by atoms with Crippen LogP contribution in [-0.2, 0) is 18.8 Å². The molecular formula is H10ClO5Pt. The molecule has 5 nitrogen and oxygen atoms in total. The molecule has 0 atom stereocenters. The van der Waals surface area contributed by atoms with Crippen LogP contribution in [0.3, 0.4) is 0 Å². The van der Waals surface area contributed by atoms with E-state index < -0.39 is 0 Å². The zero-order chi connectivity index (χ0) is 2.00. The van der Waals surface area contributed by atoms with E-state index in [0.717, 1.165) is 0 Å². The third-order valence-corrected chi connectivity index (χ3v) is 0. The van der Waals surface area contributed by atoms with Crippen molar-refractivity contribution in [3.8, 4) is 0 Å². The molecule has 0 aliphatic heterocycles. The van der Waals surface area contributed by atoms with Crippen molar-refractivity contribution in [3.63, 3.8) is 0 Å². The van der Waals surface area contributed by atoms with Gasteiger partial charge in [-0.2, -0.15) is 0 Å². The molecular weight excluding hydrogens is 311 g/mol. The molecule has 57 valence electrons. The van der Waals surface area contributed by atoms with Gasteiger partial charge in [0.05, 0.1) is 0 Å². The van der Waals surface area contributed by atoms with Gasteiger partial charge in [-0.05, 0) is 0 Å². The Morgan fingerprint density at radius 1 is 0.571 bits per heavy atom. The topological polar surface area (TPSA) is 158 Å². The summed E-state index contributed by atoms with van der Waals surface area (Å²) in [6.45, 7) is 0. The van der Waals surface area contributed by atoms with Gasteiger partial charge >= 0.3 is 28.2 Å². The van der Waals surface area contributed by atoms with Gasteiger partial charge in [-0.3, -0.25) is 0 Å². The van der Waals surface area contributed by atoms with Crippen LogP contribution in [0.5, 0.6) is 0 Å². The summed E-state index contributed by atoms with van der Waals surface area (Å²) >= 11 is 1.61. The van der Waals surface area contributed by atoms with E-state index in [1.807, 2.05) is 0 Å². The molecule has 7 heavy (non-hydrogen) atoms. The normalized spacial score (nSPS) is 1.00. The van der Waals surface area contributed by atoms with Crippen LogP contribution in [0.1, 0.15) is 0 Å². The third-order valence-electron chi connectivity index (χ3n) is 0. The van der Waals surface area contributed by atoms with E-state index in [-0.39, 0.29) is 27.4 Å². The van der Waals surface area contributed by atoms with E-state index in [4.69, 9.17) is 0 Å². The Bertz CT molecular complexity index is 8.04. The van der Waals surface area contributed by atoms with Crippen molar-refractivity contribution in [1.29, 1.82) is 0 Å². The molecule has 0 fully saturated rings. The minimum atomic E-state index is 0. The van der Waals surface area contributed by atoms with Gasteiger partial charge in [-0.1, -0.05) is 0 Å². The van der Waals surface area contributed by atoms with Crippen LogP contribution in [0, 0.1) is 0 Å². The van der Waals surface area contributed by atoms with Crippen molar-refractivity contribution in [2.24, 2.45) is 0 Å². The second-order valence-corrected chi connectivity index (χ2v) is 0.